The van der Waals surface area contributed by atoms with E-state index in [0.29, 0.717) is 23.7 Å². The number of carbonyl (C=O) groups is 1. The summed E-state index contributed by atoms with van der Waals surface area (Å²) >= 11 is 1.31. The molecule has 1 heterocycles. The normalized spacial score (nSPS) is 11.9. The van der Waals surface area contributed by atoms with Crippen molar-refractivity contribution in [3.8, 4) is 10.6 Å². The van der Waals surface area contributed by atoms with Gasteiger partial charge >= 0.3 is 0 Å². The molecule has 1 aromatic heterocycles. The zero-order valence-electron chi connectivity index (χ0n) is 12.6. The predicted molar refractivity (Wildman–Crippen MR) is 87.4 cm³/mol. The second-order valence-electron chi connectivity index (χ2n) is 5.17. The Labute approximate surface area is 137 Å². The maximum atomic E-state index is 12.0. The quantitative estimate of drug-likeness (QED) is 0.597. The summed E-state index contributed by atoms with van der Waals surface area (Å²) in [6.07, 6.45) is 0.630. The molecule has 122 valence electrons. The van der Waals surface area contributed by atoms with Gasteiger partial charge < -0.3 is 10.4 Å². The van der Waals surface area contributed by atoms with Gasteiger partial charge in [0.25, 0.3) is 11.6 Å². The highest BCUT2D eigenvalue weighted by Gasteiger charge is 2.13. The fraction of sp³-hybridized carbons (Fsp3) is 0.333. The van der Waals surface area contributed by atoms with Crippen LogP contribution in [0.25, 0.3) is 10.6 Å². The summed E-state index contributed by atoms with van der Waals surface area (Å²) in [5.41, 5.74) is 1.06. The molecule has 0 spiro atoms. The first-order chi connectivity index (χ1) is 11.0. The fourth-order valence-corrected chi connectivity index (χ4v) is 2.72. The number of amides is 1. The summed E-state index contributed by atoms with van der Waals surface area (Å²) in [5.74, 6) is -0.0732. The number of hydrogen-bond acceptors (Lipinski definition) is 6. The van der Waals surface area contributed by atoms with Crippen molar-refractivity contribution in [2.75, 3.05) is 13.2 Å². The van der Waals surface area contributed by atoms with E-state index < -0.39 is 4.92 Å². The molecular weight excluding hydrogens is 318 g/mol. The van der Waals surface area contributed by atoms with Crippen LogP contribution in [0.4, 0.5) is 5.69 Å². The maximum absolute atomic E-state index is 12.0. The van der Waals surface area contributed by atoms with Gasteiger partial charge in [-0.05, 0) is 24.5 Å². The lowest BCUT2D eigenvalue weighted by molar-refractivity contribution is -0.384. The average molecular weight is 335 g/mol. The first kappa shape index (κ1) is 17.0. The molecule has 2 N–H and O–H groups in total. The summed E-state index contributed by atoms with van der Waals surface area (Å²) in [5, 5.41) is 24.5. The number of nitrogens with zero attached hydrogens (tertiary/aromatic N) is 2. The second-order valence-corrected chi connectivity index (χ2v) is 6.03. The number of nitrogens with one attached hydrogen (secondary N) is 1. The van der Waals surface area contributed by atoms with E-state index in [1.807, 2.05) is 6.92 Å². The Bertz CT molecular complexity index is 684. The standard InChI is InChI=1S/C15H17N3O4S/c1-10(6-7-19)8-16-14(20)13-9-23-15(17-13)11-2-4-12(5-3-11)18(21)22/h2-5,9-10,19H,6-8H2,1H3,(H,16,20). The van der Waals surface area contributed by atoms with Crippen molar-refractivity contribution >= 4 is 22.9 Å². The molecule has 8 heteroatoms. The average Bonchev–Trinajstić information content (AvgIpc) is 3.03. The molecule has 1 aromatic carbocycles. The molecule has 0 aliphatic rings. The third-order valence-electron chi connectivity index (χ3n) is 3.29. The minimum absolute atomic E-state index is 0.0149. The number of aliphatic hydroxyl groups is 1. The van der Waals surface area contributed by atoms with Crippen molar-refractivity contribution in [2.24, 2.45) is 5.92 Å². The SMILES string of the molecule is CC(CCO)CNC(=O)c1csc(-c2ccc([N+](=O)[O-])cc2)n1. The molecule has 0 radical (unpaired) electrons. The van der Waals surface area contributed by atoms with Crippen LogP contribution in [0.2, 0.25) is 0 Å². The van der Waals surface area contributed by atoms with E-state index >= 15 is 0 Å². The highest BCUT2D eigenvalue weighted by Crippen LogP contribution is 2.25. The van der Waals surface area contributed by atoms with Gasteiger partial charge in [0.05, 0.1) is 4.92 Å². The molecule has 2 aromatic rings. The fourth-order valence-electron chi connectivity index (χ4n) is 1.92. The van der Waals surface area contributed by atoms with Crippen molar-refractivity contribution < 1.29 is 14.8 Å². The van der Waals surface area contributed by atoms with Gasteiger partial charge in [-0.3, -0.25) is 14.9 Å². The summed E-state index contributed by atoms with van der Waals surface area (Å²) in [6.45, 7) is 2.52. The number of nitro benzene ring substituents is 1. The highest BCUT2D eigenvalue weighted by atomic mass is 32.1. The van der Waals surface area contributed by atoms with Crippen molar-refractivity contribution in [3.05, 3.63) is 45.5 Å². The number of hydrogen-bond donors (Lipinski definition) is 2. The Morgan fingerprint density at radius 3 is 2.74 bits per heavy atom. The Morgan fingerprint density at radius 2 is 2.13 bits per heavy atom. The summed E-state index contributed by atoms with van der Waals surface area (Å²) < 4.78 is 0. The van der Waals surface area contributed by atoms with E-state index in [4.69, 9.17) is 5.11 Å². The molecule has 0 saturated heterocycles. The topological polar surface area (TPSA) is 105 Å². The molecule has 23 heavy (non-hydrogen) atoms. The van der Waals surface area contributed by atoms with Crippen LogP contribution in [0, 0.1) is 16.0 Å². The van der Waals surface area contributed by atoms with E-state index in [9.17, 15) is 14.9 Å². The first-order valence-electron chi connectivity index (χ1n) is 7.10. The zero-order valence-corrected chi connectivity index (χ0v) is 13.4. The molecule has 0 fully saturated rings. The highest BCUT2D eigenvalue weighted by molar-refractivity contribution is 7.13. The van der Waals surface area contributed by atoms with Crippen LogP contribution in [0.5, 0.6) is 0 Å². The van der Waals surface area contributed by atoms with Gasteiger partial charge in [0.2, 0.25) is 0 Å². The van der Waals surface area contributed by atoms with Gasteiger partial charge in [0, 0.05) is 36.2 Å². The van der Waals surface area contributed by atoms with Gasteiger partial charge in [-0.1, -0.05) is 6.92 Å². The third kappa shape index (κ3) is 4.57. The molecule has 7 nitrogen and oxygen atoms in total. The van der Waals surface area contributed by atoms with E-state index in [-0.39, 0.29) is 24.1 Å². The Hall–Kier alpha value is -2.32. The molecule has 0 bridgehead atoms. The molecule has 1 atom stereocenters. The Kier molecular flexibility index (Phi) is 5.78. The van der Waals surface area contributed by atoms with Crippen molar-refractivity contribution in [1.29, 1.82) is 0 Å². The van der Waals surface area contributed by atoms with Crippen LogP contribution >= 0.6 is 11.3 Å². The molecule has 0 saturated carbocycles. The number of non-ortho nitro benzene ring substituents is 1. The van der Waals surface area contributed by atoms with Gasteiger partial charge in [-0.15, -0.1) is 11.3 Å². The van der Waals surface area contributed by atoms with Gasteiger partial charge in [0.1, 0.15) is 10.7 Å². The van der Waals surface area contributed by atoms with E-state index in [1.165, 1.54) is 23.5 Å². The third-order valence-corrected chi connectivity index (χ3v) is 4.19. The lowest BCUT2D eigenvalue weighted by Crippen LogP contribution is -2.28. The van der Waals surface area contributed by atoms with Gasteiger partial charge in [-0.25, -0.2) is 4.98 Å². The maximum Gasteiger partial charge on any atom is 0.270 e. The molecular formula is C15H17N3O4S. The minimum Gasteiger partial charge on any atom is -0.396 e. The molecule has 0 aliphatic heterocycles. The molecule has 1 amide bonds. The van der Waals surface area contributed by atoms with Gasteiger partial charge in [0.15, 0.2) is 0 Å². The molecule has 0 aliphatic carbocycles. The van der Waals surface area contributed by atoms with Crippen LogP contribution in [0.3, 0.4) is 0 Å². The van der Waals surface area contributed by atoms with Crippen molar-refractivity contribution in [2.45, 2.75) is 13.3 Å². The number of nitro groups is 1. The number of aromatic nitrogens is 1. The summed E-state index contributed by atoms with van der Waals surface area (Å²) in [7, 11) is 0. The van der Waals surface area contributed by atoms with E-state index in [2.05, 4.69) is 10.3 Å². The molecule has 1 unspecified atom stereocenters. The van der Waals surface area contributed by atoms with Crippen LogP contribution in [0.1, 0.15) is 23.8 Å². The zero-order chi connectivity index (χ0) is 16.8. The first-order valence-corrected chi connectivity index (χ1v) is 7.98. The number of aliphatic hydroxyl groups excluding tert-OH is 1. The Morgan fingerprint density at radius 1 is 1.43 bits per heavy atom. The largest absolute Gasteiger partial charge is 0.396 e. The smallest absolute Gasteiger partial charge is 0.270 e. The number of benzene rings is 1. The van der Waals surface area contributed by atoms with Crippen LogP contribution in [-0.4, -0.2) is 34.1 Å². The van der Waals surface area contributed by atoms with Gasteiger partial charge in [-0.2, -0.15) is 0 Å². The van der Waals surface area contributed by atoms with Crippen molar-refractivity contribution in [1.82, 2.24) is 10.3 Å². The summed E-state index contributed by atoms with van der Waals surface area (Å²) in [4.78, 5) is 26.5. The molecule has 2 rings (SSSR count). The van der Waals surface area contributed by atoms with E-state index in [1.54, 1.807) is 17.5 Å². The van der Waals surface area contributed by atoms with Crippen LogP contribution < -0.4 is 5.32 Å². The Balaban J connectivity index is 2.02. The summed E-state index contributed by atoms with van der Waals surface area (Å²) in [6, 6.07) is 6.05. The predicted octanol–water partition coefficient (Wildman–Crippen LogP) is 2.47. The lowest BCUT2D eigenvalue weighted by atomic mass is 10.1. The van der Waals surface area contributed by atoms with Crippen LogP contribution in [0.15, 0.2) is 29.6 Å². The number of rotatable bonds is 7. The number of thiazole rings is 1. The van der Waals surface area contributed by atoms with Crippen molar-refractivity contribution in [3.63, 3.8) is 0 Å². The van der Waals surface area contributed by atoms with E-state index in [0.717, 1.165) is 5.56 Å². The second kappa shape index (κ2) is 7.80. The minimum atomic E-state index is -0.460. The monoisotopic (exact) mass is 335 g/mol. The van der Waals surface area contributed by atoms with Crippen LogP contribution in [-0.2, 0) is 0 Å². The number of carbonyl (C=O) groups excluding carboxylic acids is 1. The lowest BCUT2D eigenvalue weighted by Gasteiger charge is -2.09.